The normalized spacial score (nSPS) is 53.1. The van der Waals surface area contributed by atoms with E-state index in [1.165, 1.54) is 0 Å². The highest BCUT2D eigenvalue weighted by atomic mass is 16.7. The summed E-state index contributed by atoms with van der Waals surface area (Å²) < 4.78 is 11.3. The first-order valence-electron chi connectivity index (χ1n) is 3.98. The van der Waals surface area contributed by atoms with Gasteiger partial charge in [0.15, 0.2) is 0 Å². The molecule has 0 aromatic rings. The highest BCUT2D eigenvalue weighted by molar-refractivity contribution is 4.90. The number of aliphatic hydroxyl groups excluding tert-OH is 4. The van der Waals surface area contributed by atoms with E-state index in [1.807, 2.05) is 0 Å². The first-order valence-corrected chi connectivity index (χ1v) is 3.40. The van der Waals surface area contributed by atoms with Gasteiger partial charge in [0.1, 0.15) is 18.3 Å². The average Bonchev–Trinajstić information content (AvgIpc) is 2.08. The maximum absolute atomic E-state index is 9.32. The zero-order valence-electron chi connectivity index (χ0n) is 7.16. The third-order valence-electron chi connectivity index (χ3n) is 1.81. The highest BCUT2D eigenvalue weighted by Gasteiger charge is 2.47. The van der Waals surface area contributed by atoms with Gasteiger partial charge in [-0.1, -0.05) is 0 Å². The molecule has 0 spiro atoms. The molecular formula is C6H12O6. The van der Waals surface area contributed by atoms with Crippen molar-refractivity contribution in [1.29, 1.82) is 0 Å². The van der Waals surface area contributed by atoms with E-state index in [0.29, 0.717) is 0 Å². The molecule has 1 aliphatic heterocycles. The topological polar surface area (TPSA) is 110 Å². The average molecular weight is 181 g/mol. The van der Waals surface area contributed by atoms with Crippen LogP contribution in [0.15, 0.2) is 0 Å². The van der Waals surface area contributed by atoms with Gasteiger partial charge in [0.25, 0.3) is 0 Å². The van der Waals surface area contributed by atoms with Crippen LogP contribution in [-0.2, 0) is 4.74 Å². The lowest BCUT2D eigenvalue weighted by Gasteiger charge is -2.40. The first kappa shape index (κ1) is 8.36. The fourth-order valence-corrected chi connectivity index (χ4v) is 0.972. The minimum Gasteiger partial charge on any atom is -0.391 e. The maximum atomic E-state index is 9.32. The van der Waals surface area contributed by atoms with E-state index in [2.05, 4.69) is 4.74 Å². The summed E-state index contributed by atoms with van der Waals surface area (Å²) in [6, 6.07) is 0. The van der Waals surface area contributed by atoms with Crippen molar-refractivity contribution in [2.45, 2.75) is 24.1 Å². The van der Waals surface area contributed by atoms with Crippen LogP contribution in [0.4, 0.5) is 0 Å². The van der Waals surface area contributed by atoms with E-state index >= 15 is 0 Å². The molecule has 1 heterocycles. The Morgan fingerprint density at radius 3 is 2.58 bits per heavy atom. The number of hydrogen-bond donors (Lipinski definition) is 5. The van der Waals surface area contributed by atoms with Crippen molar-refractivity contribution in [3.63, 3.8) is 0 Å². The standard InChI is InChI=1S/C6H12O6/c7-2-6(11)5(10)4(9)3(8)1-12-6/h3-5,7-11H,1-2H2/t3-,4-,5+,6-/m1/s1/i2D/t2?,3-,4-,5+,6-. The Morgan fingerprint density at radius 1 is 1.50 bits per heavy atom. The van der Waals surface area contributed by atoms with Crippen LogP contribution in [0.5, 0.6) is 0 Å². The summed E-state index contributed by atoms with van der Waals surface area (Å²) in [5.41, 5.74) is 0. The summed E-state index contributed by atoms with van der Waals surface area (Å²) in [7, 11) is 0. The Labute approximate surface area is 70.0 Å². The third kappa shape index (κ3) is 1.45. The van der Waals surface area contributed by atoms with Crippen LogP contribution in [0.2, 0.25) is 0 Å². The van der Waals surface area contributed by atoms with Gasteiger partial charge in [0.2, 0.25) is 5.79 Å². The zero-order chi connectivity index (χ0) is 10.2. The van der Waals surface area contributed by atoms with Crippen LogP contribution in [0.1, 0.15) is 1.37 Å². The quantitative estimate of drug-likeness (QED) is 0.291. The number of hydrogen-bond acceptors (Lipinski definition) is 6. The molecule has 0 amide bonds. The molecule has 0 bridgehead atoms. The lowest BCUT2D eigenvalue weighted by atomic mass is 9.98. The van der Waals surface area contributed by atoms with Crippen molar-refractivity contribution in [3.05, 3.63) is 0 Å². The van der Waals surface area contributed by atoms with Gasteiger partial charge in [-0.2, -0.15) is 0 Å². The molecule has 1 unspecified atom stereocenters. The van der Waals surface area contributed by atoms with Gasteiger partial charge in [0.05, 0.1) is 14.6 Å². The summed E-state index contributed by atoms with van der Waals surface area (Å²) in [5.74, 6) is -2.54. The molecular weight excluding hydrogens is 168 g/mol. The summed E-state index contributed by atoms with van der Waals surface area (Å²) in [4.78, 5) is 0. The van der Waals surface area contributed by atoms with Crippen LogP contribution < -0.4 is 0 Å². The van der Waals surface area contributed by atoms with Crippen molar-refractivity contribution in [1.82, 2.24) is 0 Å². The predicted molar refractivity (Wildman–Crippen MR) is 36.0 cm³/mol. The molecule has 1 aliphatic rings. The molecule has 0 aliphatic carbocycles. The molecule has 5 atom stereocenters. The van der Waals surface area contributed by atoms with Gasteiger partial charge in [-0.05, 0) is 0 Å². The monoisotopic (exact) mass is 181 g/mol. The Kier molecular flexibility index (Phi) is 2.26. The molecule has 1 rings (SSSR count). The number of ether oxygens (including phenoxy) is 1. The van der Waals surface area contributed by atoms with Gasteiger partial charge in [0, 0.05) is 0 Å². The smallest absolute Gasteiger partial charge is 0.218 e. The Morgan fingerprint density at radius 2 is 2.08 bits per heavy atom. The summed E-state index contributed by atoms with van der Waals surface area (Å²) in [5, 5.41) is 45.3. The minimum atomic E-state index is -2.54. The predicted octanol–water partition coefficient (Wildman–Crippen LogP) is -3.22. The highest BCUT2D eigenvalue weighted by Crippen LogP contribution is 2.22. The molecule has 0 radical (unpaired) electrons. The molecule has 0 aromatic heterocycles. The minimum absolute atomic E-state index is 0.454. The van der Waals surface area contributed by atoms with E-state index in [0.717, 1.165) is 0 Å². The molecule has 1 saturated heterocycles. The second-order valence-corrected chi connectivity index (χ2v) is 2.69. The van der Waals surface area contributed by atoms with E-state index in [4.69, 9.17) is 16.7 Å². The van der Waals surface area contributed by atoms with Gasteiger partial charge >= 0.3 is 0 Å². The van der Waals surface area contributed by atoms with E-state index in [-0.39, 0.29) is 0 Å². The van der Waals surface area contributed by atoms with Gasteiger partial charge < -0.3 is 30.3 Å². The number of rotatable bonds is 1. The Bertz CT molecular complexity index is 188. The lowest BCUT2D eigenvalue weighted by Crippen LogP contribution is -2.62. The molecule has 0 aromatic carbocycles. The first-order chi connectivity index (χ1) is 5.89. The Balaban J connectivity index is 2.79. The molecule has 72 valence electrons. The summed E-state index contributed by atoms with van der Waals surface area (Å²) in [6.07, 6.45) is -4.89. The molecule has 6 nitrogen and oxygen atoms in total. The van der Waals surface area contributed by atoms with Crippen molar-refractivity contribution in [2.75, 3.05) is 13.2 Å². The Hall–Kier alpha value is -0.240. The number of aliphatic hydroxyl groups is 5. The SMILES string of the molecule is [2H]C(O)[C@@]1(O)OC[C@@H](O)[C@@H](O)[C@@H]1O. The van der Waals surface area contributed by atoms with Gasteiger partial charge in [-0.3, -0.25) is 0 Å². The second-order valence-electron chi connectivity index (χ2n) is 2.69. The fourth-order valence-electron chi connectivity index (χ4n) is 0.972. The van der Waals surface area contributed by atoms with Crippen molar-refractivity contribution in [2.24, 2.45) is 0 Å². The third-order valence-corrected chi connectivity index (χ3v) is 1.81. The van der Waals surface area contributed by atoms with Crippen LogP contribution in [-0.4, -0.2) is 62.8 Å². The van der Waals surface area contributed by atoms with E-state index in [1.54, 1.807) is 0 Å². The van der Waals surface area contributed by atoms with E-state index < -0.39 is 37.3 Å². The van der Waals surface area contributed by atoms with Crippen molar-refractivity contribution >= 4 is 0 Å². The zero-order valence-corrected chi connectivity index (χ0v) is 6.16. The van der Waals surface area contributed by atoms with E-state index in [9.17, 15) is 10.2 Å². The van der Waals surface area contributed by atoms with Crippen molar-refractivity contribution < 1.29 is 31.6 Å². The largest absolute Gasteiger partial charge is 0.391 e. The van der Waals surface area contributed by atoms with Crippen LogP contribution in [0, 0.1) is 0 Å². The second kappa shape index (κ2) is 3.25. The summed E-state index contributed by atoms with van der Waals surface area (Å²) >= 11 is 0. The molecule has 0 saturated carbocycles. The van der Waals surface area contributed by atoms with Crippen molar-refractivity contribution in [3.8, 4) is 0 Å². The van der Waals surface area contributed by atoms with Crippen LogP contribution in [0.3, 0.4) is 0 Å². The molecule has 6 heteroatoms. The fraction of sp³-hybridized carbons (Fsp3) is 1.00. The lowest BCUT2D eigenvalue weighted by molar-refractivity contribution is -0.331. The molecule has 1 fully saturated rings. The summed E-state index contributed by atoms with van der Waals surface area (Å²) in [6.45, 7) is -2.56. The van der Waals surface area contributed by atoms with Crippen LogP contribution in [0.25, 0.3) is 0 Å². The van der Waals surface area contributed by atoms with Gasteiger partial charge in [-0.25, -0.2) is 0 Å². The molecule has 5 N–H and O–H groups in total. The molecule has 12 heavy (non-hydrogen) atoms. The van der Waals surface area contributed by atoms with Crippen LogP contribution >= 0.6 is 0 Å². The maximum Gasteiger partial charge on any atom is 0.218 e. The van der Waals surface area contributed by atoms with Gasteiger partial charge in [-0.15, -0.1) is 0 Å².